The Morgan fingerprint density at radius 1 is 0.913 bits per heavy atom. The molecule has 1 aromatic heterocycles. The smallest absolute Gasteiger partial charge is 0.165 e. The lowest BCUT2D eigenvalue weighted by Gasteiger charge is -2.11. The third-order valence-electron chi connectivity index (χ3n) is 3.59. The van der Waals surface area contributed by atoms with Crippen molar-refractivity contribution < 1.29 is 9.90 Å². The number of carbonyl (C=O) groups excluding carboxylic acids is 1. The maximum absolute atomic E-state index is 12.0. The van der Waals surface area contributed by atoms with Gasteiger partial charge in [-0.15, -0.1) is 0 Å². The SMILES string of the molecule is CC(=O)/C(=C(/C)O)c1nc(-c2ccccc2)nc2ccccc12. The van der Waals surface area contributed by atoms with Crippen LogP contribution in [0.25, 0.3) is 27.9 Å². The Morgan fingerprint density at radius 3 is 2.22 bits per heavy atom. The average molecular weight is 304 g/mol. The van der Waals surface area contributed by atoms with Crippen LogP contribution in [-0.2, 0) is 4.79 Å². The minimum absolute atomic E-state index is 0.0413. The number of hydrogen-bond acceptors (Lipinski definition) is 4. The predicted octanol–water partition coefficient (Wildman–Crippen LogP) is 4.17. The molecule has 0 aliphatic rings. The number of allylic oxidation sites excluding steroid dienone is 2. The topological polar surface area (TPSA) is 63.1 Å². The number of para-hydroxylation sites is 1. The minimum atomic E-state index is -0.229. The van der Waals surface area contributed by atoms with Gasteiger partial charge in [-0.2, -0.15) is 0 Å². The van der Waals surface area contributed by atoms with Gasteiger partial charge in [0.2, 0.25) is 0 Å². The summed E-state index contributed by atoms with van der Waals surface area (Å²) in [6, 6.07) is 17.0. The highest BCUT2D eigenvalue weighted by Crippen LogP contribution is 2.28. The van der Waals surface area contributed by atoms with E-state index in [-0.39, 0.29) is 17.1 Å². The number of benzene rings is 2. The van der Waals surface area contributed by atoms with Crippen LogP contribution < -0.4 is 0 Å². The molecule has 0 aliphatic carbocycles. The Hall–Kier alpha value is -3.01. The van der Waals surface area contributed by atoms with E-state index < -0.39 is 0 Å². The van der Waals surface area contributed by atoms with Gasteiger partial charge >= 0.3 is 0 Å². The van der Waals surface area contributed by atoms with Crippen molar-refractivity contribution in [3.8, 4) is 11.4 Å². The molecule has 2 aromatic carbocycles. The van der Waals surface area contributed by atoms with Gasteiger partial charge in [0.05, 0.1) is 16.8 Å². The van der Waals surface area contributed by atoms with E-state index in [1.54, 1.807) is 0 Å². The molecule has 0 saturated heterocycles. The quantitative estimate of drug-likeness (QED) is 0.582. The Labute approximate surface area is 134 Å². The zero-order valence-electron chi connectivity index (χ0n) is 12.9. The average Bonchev–Trinajstić information content (AvgIpc) is 2.55. The first-order chi connectivity index (χ1) is 11.1. The molecule has 114 valence electrons. The van der Waals surface area contributed by atoms with Crippen LogP contribution in [0.15, 0.2) is 60.4 Å². The van der Waals surface area contributed by atoms with Gasteiger partial charge in [0.25, 0.3) is 0 Å². The molecular formula is C19H16N2O2. The summed E-state index contributed by atoms with van der Waals surface area (Å²) in [5.74, 6) is 0.257. The first-order valence-corrected chi connectivity index (χ1v) is 7.31. The Bertz CT molecular complexity index is 911. The fourth-order valence-corrected chi connectivity index (χ4v) is 2.58. The van der Waals surface area contributed by atoms with Crippen molar-refractivity contribution in [2.75, 3.05) is 0 Å². The van der Waals surface area contributed by atoms with Crippen molar-refractivity contribution in [2.24, 2.45) is 0 Å². The molecule has 0 radical (unpaired) electrons. The number of carbonyl (C=O) groups is 1. The van der Waals surface area contributed by atoms with E-state index in [1.807, 2.05) is 54.6 Å². The van der Waals surface area contributed by atoms with Crippen LogP contribution in [0.4, 0.5) is 0 Å². The summed E-state index contributed by atoms with van der Waals surface area (Å²) in [7, 11) is 0. The van der Waals surface area contributed by atoms with Gasteiger partial charge in [0.1, 0.15) is 5.76 Å². The summed E-state index contributed by atoms with van der Waals surface area (Å²) in [4.78, 5) is 21.1. The number of hydrogen-bond donors (Lipinski definition) is 1. The number of rotatable bonds is 3. The van der Waals surface area contributed by atoms with E-state index in [2.05, 4.69) is 9.97 Å². The summed E-state index contributed by atoms with van der Waals surface area (Å²) >= 11 is 0. The lowest BCUT2D eigenvalue weighted by molar-refractivity contribution is -0.111. The number of aliphatic hydroxyl groups excluding tert-OH is 1. The van der Waals surface area contributed by atoms with E-state index in [0.717, 1.165) is 16.5 Å². The molecule has 0 bridgehead atoms. The normalized spacial score (nSPS) is 12.1. The number of aliphatic hydroxyl groups is 1. The summed E-state index contributed by atoms with van der Waals surface area (Å²) in [5, 5.41) is 10.7. The van der Waals surface area contributed by atoms with E-state index in [1.165, 1.54) is 13.8 Å². The number of aromatic nitrogens is 2. The predicted molar refractivity (Wildman–Crippen MR) is 90.9 cm³/mol. The first-order valence-electron chi connectivity index (χ1n) is 7.31. The second-order valence-electron chi connectivity index (χ2n) is 5.30. The molecule has 0 spiro atoms. The van der Waals surface area contributed by atoms with Crippen molar-refractivity contribution in [2.45, 2.75) is 13.8 Å². The van der Waals surface area contributed by atoms with Gasteiger partial charge in [-0.1, -0.05) is 48.5 Å². The number of nitrogens with zero attached hydrogens (tertiary/aromatic N) is 2. The number of Topliss-reactive ketones (excluding diaryl/α,β-unsaturated/α-hetero) is 1. The lowest BCUT2D eigenvalue weighted by atomic mass is 10.0. The highest BCUT2D eigenvalue weighted by molar-refractivity contribution is 6.22. The number of fused-ring (bicyclic) bond motifs is 1. The van der Waals surface area contributed by atoms with E-state index >= 15 is 0 Å². The first kappa shape index (κ1) is 14.9. The van der Waals surface area contributed by atoms with Crippen molar-refractivity contribution >= 4 is 22.3 Å². The van der Waals surface area contributed by atoms with Crippen LogP contribution in [0.5, 0.6) is 0 Å². The summed E-state index contributed by atoms with van der Waals surface area (Å²) in [5.41, 5.74) is 2.28. The van der Waals surface area contributed by atoms with Crippen LogP contribution in [-0.4, -0.2) is 20.9 Å². The second-order valence-corrected chi connectivity index (χ2v) is 5.30. The van der Waals surface area contributed by atoms with Gasteiger partial charge < -0.3 is 5.11 Å². The highest BCUT2D eigenvalue weighted by Gasteiger charge is 2.18. The number of ketones is 1. The maximum atomic E-state index is 12.0. The van der Waals surface area contributed by atoms with Crippen molar-refractivity contribution in [3.05, 3.63) is 66.1 Å². The monoisotopic (exact) mass is 304 g/mol. The molecule has 0 amide bonds. The highest BCUT2D eigenvalue weighted by atomic mass is 16.3. The van der Waals surface area contributed by atoms with Crippen molar-refractivity contribution in [1.82, 2.24) is 9.97 Å². The van der Waals surface area contributed by atoms with Gasteiger partial charge in [0.15, 0.2) is 11.6 Å². The molecule has 4 nitrogen and oxygen atoms in total. The summed E-state index contributed by atoms with van der Waals surface area (Å²) in [6.45, 7) is 2.92. The zero-order valence-corrected chi connectivity index (χ0v) is 12.9. The molecule has 0 atom stereocenters. The second kappa shape index (κ2) is 6.01. The molecule has 0 aliphatic heterocycles. The van der Waals surface area contributed by atoms with Crippen molar-refractivity contribution in [3.63, 3.8) is 0 Å². The fourth-order valence-electron chi connectivity index (χ4n) is 2.58. The molecule has 0 saturated carbocycles. The summed E-state index contributed by atoms with van der Waals surface area (Å²) in [6.07, 6.45) is 0. The maximum Gasteiger partial charge on any atom is 0.165 e. The van der Waals surface area contributed by atoms with Crippen molar-refractivity contribution in [1.29, 1.82) is 0 Å². The molecule has 3 aromatic rings. The van der Waals surface area contributed by atoms with Gasteiger partial charge in [0, 0.05) is 10.9 Å². The third-order valence-corrected chi connectivity index (χ3v) is 3.59. The van der Waals surface area contributed by atoms with E-state index in [0.29, 0.717) is 11.5 Å². The van der Waals surface area contributed by atoms with E-state index in [4.69, 9.17) is 0 Å². The van der Waals surface area contributed by atoms with Crippen LogP contribution >= 0.6 is 0 Å². The van der Waals surface area contributed by atoms with Gasteiger partial charge in [-0.05, 0) is 19.9 Å². The van der Waals surface area contributed by atoms with Crippen LogP contribution in [0, 0.1) is 0 Å². The molecular weight excluding hydrogens is 288 g/mol. The van der Waals surface area contributed by atoms with Crippen LogP contribution in [0.3, 0.4) is 0 Å². The Morgan fingerprint density at radius 2 is 1.57 bits per heavy atom. The molecule has 4 heteroatoms. The molecule has 0 unspecified atom stereocenters. The third kappa shape index (κ3) is 2.83. The van der Waals surface area contributed by atoms with Crippen LogP contribution in [0.1, 0.15) is 19.5 Å². The van der Waals surface area contributed by atoms with E-state index in [9.17, 15) is 9.90 Å². The standard InChI is InChI=1S/C19H16N2O2/c1-12(22)17(13(2)23)18-15-10-6-7-11-16(15)20-19(21-18)14-8-4-3-5-9-14/h3-11,22H,1-2H3/b17-12+. The lowest BCUT2D eigenvalue weighted by Crippen LogP contribution is -2.05. The van der Waals surface area contributed by atoms with Gasteiger partial charge in [-0.3, -0.25) is 4.79 Å². The molecule has 23 heavy (non-hydrogen) atoms. The summed E-state index contributed by atoms with van der Waals surface area (Å²) < 4.78 is 0. The zero-order chi connectivity index (χ0) is 16.4. The molecule has 3 rings (SSSR count). The Balaban J connectivity index is 2.36. The molecule has 1 heterocycles. The van der Waals surface area contributed by atoms with Gasteiger partial charge in [-0.25, -0.2) is 9.97 Å². The van der Waals surface area contributed by atoms with Crippen LogP contribution in [0.2, 0.25) is 0 Å². The largest absolute Gasteiger partial charge is 0.512 e. The molecule has 1 N–H and O–H groups in total. The Kier molecular flexibility index (Phi) is 3.89. The molecule has 0 fully saturated rings. The fraction of sp³-hybridized carbons (Fsp3) is 0.105. The minimum Gasteiger partial charge on any atom is -0.512 e.